The van der Waals surface area contributed by atoms with Gasteiger partial charge in [0.2, 0.25) is 5.82 Å². The molecule has 0 unspecified atom stereocenters. The number of aromatic nitrogens is 4. The number of aromatic amines is 1. The van der Waals surface area contributed by atoms with Gasteiger partial charge in [0.1, 0.15) is 0 Å². The van der Waals surface area contributed by atoms with Crippen LogP contribution < -0.4 is 4.90 Å². The summed E-state index contributed by atoms with van der Waals surface area (Å²) in [5.41, 5.74) is 4.04. The Hall–Kier alpha value is -3.22. The minimum absolute atomic E-state index is 0.0640. The van der Waals surface area contributed by atoms with Crippen LogP contribution in [0.4, 0.5) is 5.69 Å². The van der Waals surface area contributed by atoms with E-state index in [1.54, 1.807) is 0 Å². The number of para-hydroxylation sites is 1. The van der Waals surface area contributed by atoms with Crippen molar-refractivity contribution in [2.24, 2.45) is 0 Å². The number of nitrogens with zero attached hydrogens (tertiary/aromatic N) is 5. The molecule has 132 valence electrons. The zero-order valence-electron chi connectivity index (χ0n) is 14.6. The normalized spacial score (nSPS) is 14.5. The number of amides is 1. The Kier molecular flexibility index (Phi) is 4.35. The summed E-state index contributed by atoms with van der Waals surface area (Å²) < 4.78 is 0. The molecule has 3 aromatic rings. The smallest absolute Gasteiger partial charge is 0.253 e. The van der Waals surface area contributed by atoms with Crippen LogP contribution in [-0.4, -0.2) is 57.6 Å². The average Bonchev–Trinajstić information content (AvgIpc) is 3.23. The van der Waals surface area contributed by atoms with E-state index >= 15 is 0 Å². The molecule has 1 fully saturated rings. The van der Waals surface area contributed by atoms with E-state index in [0.29, 0.717) is 11.4 Å². The van der Waals surface area contributed by atoms with E-state index in [1.165, 1.54) is 11.3 Å². The summed E-state index contributed by atoms with van der Waals surface area (Å²) in [4.78, 5) is 17.0. The molecular weight excluding hydrogens is 328 g/mol. The first-order chi connectivity index (χ1) is 12.7. The van der Waals surface area contributed by atoms with E-state index in [9.17, 15) is 4.79 Å². The van der Waals surface area contributed by atoms with Gasteiger partial charge in [-0.1, -0.05) is 30.3 Å². The van der Waals surface area contributed by atoms with Gasteiger partial charge in [0.05, 0.1) is 0 Å². The first kappa shape index (κ1) is 16.3. The molecule has 1 aromatic heterocycles. The van der Waals surface area contributed by atoms with E-state index in [4.69, 9.17) is 0 Å². The van der Waals surface area contributed by atoms with Crippen molar-refractivity contribution in [3.63, 3.8) is 0 Å². The van der Waals surface area contributed by atoms with Gasteiger partial charge in [0.15, 0.2) is 0 Å². The first-order valence-electron chi connectivity index (χ1n) is 8.66. The van der Waals surface area contributed by atoms with Crippen molar-refractivity contribution in [2.75, 3.05) is 31.1 Å². The minimum Gasteiger partial charge on any atom is -0.368 e. The van der Waals surface area contributed by atoms with E-state index in [-0.39, 0.29) is 5.91 Å². The molecule has 2 aromatic carbocycles. The van der Waals surface area contributed by atoms with Crippen LogP contribution in [0, 0.1) is 6.92 Å². The van der Waals surface area contributed by atoms with Gasteiger partial charge in [0.25, 0.3) is 5.91 Å². The fraction of sp³-hybridized carbons (Fsp3) is 0.263. The van der Waals surface area contributed by atoms with Crippen LogP contribution in [-0.2, 0) is 0 Å². The molecular formula is C19H20N6O. The molecule has 0 spiro atoms. The maximum absolute atomic E-state index is 12.8. The van der Waals surface area contributed by atoms with Gasteiger partial charge in [-0.15, -0.1) is 10.2 Å². The highest BCUT2D eigenvalue weighted by atomic mass is 16.2. The molecule has 4 rings (SSSR count). The number of carbonyl (C=O) groups is 1. The Morgan fingerprint density at radius 2 is 1.73 bits per heavy atom. The predicted molar refractivity (Wildman–Crippen MR) is 98.9 cm³/mol. The minimum atomic E-state index is 0.0640. The molecule has 26 heavy (non-hydrogen) atoms. The number of piperazine rings is 1. The third kappa shape index (κ3) is 3.15. The van der Waals surface area contributed by atoms with Crippen LogP contribution in [0.2, 0.25) is 0 Å². The number of anilines is 1. The zero-order valence-corrected chi connectivity index (χ0v) is 14.6. The van der Waals surface area contributed by atoms with Gasteiger partial charge in [-0.25, -0.2) is 0 Å². The molecule has 1 amide bonds. The number of aryl methyl sites for hydroxylation is 1. The van der Waals surface area contributed by atoms with Gasteiger partial charge in [-0.05, 0) is 35.9 Å². The van der Waals surface area contributed by atoms with Crippen LogP contribution >= 0.6 is 0 Å². The lowest BCUT2D eigenvalue weighted by atomic mass is 10.1. The number of hydrogen-bond acceptors (Lipinski definition) is 5. The van der Waals surface area contributed by atoms with E-state index in [2.05, 4.69) is 56.7 Å². The third-order valence-corrected chi connectivity index (χ3v) is 4.76. The van der Waals surface area contributed by atoms with E-state index in [0.717, 1.165) is 31.7 Å². The number of rotatable bonds is 3. The van der Waals surface area contributed by atoms with Gasteiger partial charge in [-0.2, -0.15) is 5.21 Å². The molecule has 7 heteroatoms. The highest BCUT2D eigenvalue weighted by Gasteiger charge is 2.23. The van der Waals surface area contributed by atoms with Gasteiger partial charge in [0, 0.05) is 43.0 Å². The summed E-state index contributed by atoms with van der Waals surface area (Å²) in [5.74, 6) is 0.588. The molecule has 0 aliphatic carbocycles. The largest absolute Gasteiger partial charge is 0.368 e. The molecule has 1 aliphatic rings. The fourth-order valence-electron chi connectivity index (χ4n) is 3.30. The van der Waals surface area contributed by atoms with Gasteiger partial charge in [-0.3, -0.25) is 4.79 Å². The van der Waals surface area contributed by atoms with Crippen molar-refractivity contribution in [3.05, 3.63) is 59.7 Å². The fourth-order valence-corrected chi connectivity index (χ4v) is 3.30. The standard InChI is InChI=1S/C19H20N6O/c1-14-4-2-3-5-17(14)24-10-12-25(13-11-24)19(26)16-8-6-15(7-9-16)18-20-22-23-21-18/h2-9H,10-13H2,1H3,(H,20,21,22,23). The van der Waals surface area contributed by atoms with Crippen LogP contribution in [0.1, 0.15) is 15.9 Å². The maximum atomic E-state index is 12.8. The number of H-pyrrole nitrogens is 1. The summed E-state index contributed by atoms with van der Waals surface area (Å²) in [6.45, 7) is 5.26. The van der Waals surface area contributed by atoms with Gasteiger partial charge < -0.3 is 9.80 Å². The molecule has 0 atom stereocenters. The van der Waals surface area contributed by atoms with Crippen molar-refractivity contribution in [3.8, 4) is 11.4 Å². The second kappa shape index (κ2) is 6.95. The Labute approximate surface area is 151 Å². The van der Waals surface area contributed by atoms with Crippen molar-refractivity contribution >= 4 is 11.6 Å². The lowest BCUT2D eigenvalue weighted by Crippen LogP contribution is -2.49. The van der Waals surface area contributed by atoms with Crippen molar-refractivity contribution in [1.29, 1.82) is 0 Å². The van der Waals surface area contributed by atoms with Crippen LogP contribution in [0.5, 0.6) is 0 Å². The summed E-state index contributed by atoms with van der Waals surface area (Å²) >= 11 is 0. The molecule has 1 aliphatic heterocycles. The van der Waals surface area contributed by atoms with Crippen molar-refractivity contribution < 1.29 is 4.79 Å². The summed E-state index contributed by atoms with van der Waals surface area (Å²) in [6, 6.07) is 15.7. The highest BCUT2D eigenvalue weighted by molar-refractivity contribution is 5.94. The number of hydrogen-bond donors (Lipinski definition) is 1. The molecule has 0 bridgehead atoms. The average molecular weight is 348 g/mol. The quantitative estimate of drug-likeness (QED) is 0.785. The maximum Gasteiger partial charge on any atom is 0.253 e. The number of nitrogens with one attached hydrogen (secondary N) is 1. The Morgan fingerprint density at radius 1 is 1.00 bits per heavy atom. The van der Waals surface area contributed by atoms with Crippen LogP contribution in [0.15, 0.2) is 48.5 Å². The monoisotopic (exact) mass is 348 g/mol. The van der Waals surface area contributed by atoms with Crippen molar-refractivity contribution in [2.45, 2.75) is 6.92 Å². The van der Waals surface area contributed by atoms with E-state index < -0.39 is 0 Å². The number of tetrazole rings is 1. The number of benzene rings is 2. The van der Waals surface area contributed by atoms with Crippen LogP contribution in [0.25, 0.3) is 11.4 Å². The highest BCUT2D eigenvalue weighted by Crippen LogP contribution is 2.22. The Bertz CT molecular complexity index is 883. The lowest BCUT2D eigenvalue weighted by molar-refractivity contribution is 0.0747. The summed E-state index contributed by atoms with van der Waals surface area (Å²) in [5, 5.41) is 13.9. The summed E-state index contributed by atoms with van der Waals surface area (Å²) in [6.07, 6.45) is 0. The Morgan fingerprint density at radius 3 is 2.38 bits per heavy atom. The molecule has 7 nitrogen and oxygen atoms in total. The second-order valence-corrected chi connectivity index (χ2v) is 6.38. The SMILES string of the molecule is Cc1ccccc1N1CCN(C(=O)c2ccc(-c3nn[nH]n3)cc2)CC1. The molecule has 2 heterocycles. The number of carbonyl (C=O) groups excluding carboxylic acids is 1. The topological polar surface area (TPSA) is 78.0 Å². The van der Waals surface area contributed by atoms with Crippen molar-refractivity contribution in [1.82, 2.24) is 25.5 Å². The predicted octanol–water partition coefficient (Wildman–Crippen LogP) is 2.14. The lowest BCUT2D eigenvalue weighted by Gasteiger charge is -2.36. The van der Waals surface area contributed by atoms with Crippen LogP contribution in [0.3, 0.4) is 0 Å². The third-order valence-electron chi connectivity index (χ3n) is 4.76. The molecule has 1 N–H and O–H groups in total. The Balaban J connectivity index is 1.41. The zero-order chi connectivity index (χ0) is 17.9. The molecule has 0 radical (unpaired) electrons. The molecule has 1 saturated heterocycles. The van der Waals surface area contributed by atoms with E-state index in [1.807, 2.05) is 29.2 Å². The van der Waals surface area contributed by atoms with Gasteiger partial charge >= 0.3 is 0 Å². The summed E-state index contributed by atoms with van der Waals surface area (Å²) in [7, 11) is 0. The molecule has 0 saturated carbocycles. The second-order valence-electron chi connectivity index (χ2n) is 6.38. The first-order valence-corrected chi connectivity index (χ1v) is 8.66.